The number of carbonyl (C=O) groups excluding carboxylic acids is 2. The minimum atomic E-state index is -4.97. The summed E-state index contributed by atoms with van der Waals surface area (Å²) in [5.41, 5.74) is 1.20. The summed E-state index contributed by atoms with van der Waals surface area (Å²) in [5, 5.41) is 21.3. The van der Waals surface area contributed by atoms with Crippen LogP contribution in [0.25, 0.3) is 10.6 Å². The number of aliphatic hydroxyl groups is 1. The van der Waals surface area contributed by atoms with Crippen LogP contribution in [0.5, 0.6) is 11.5 Å². The largest absolute Gasteiger partial charge is 0.573 e. The highest BCUT2D eigenvalue weighted by Gasteiger charge is 2.45. The standard InChI is InChI=1S/C28H19F3N2O5S/c1-15-25(39-26(32-15)17-6-3-2-4-7-17)23(35)21-22(16-10-12-19(34)13-11-16)33(27(37)24(21)36)18-8-5-9-20(14-18)38-28(29,30)31/h2-14,22,34,36H,1H3. The Bertz CT molecular complexity index is 1600. The Labute approximate surface area is 224 Å². The van der Waals surface area contributed by atoms with Gasteiger partial charge in [0.1, 0.15) is 16.5 Å². The van der Waals surface area contributed by atoms with E-state index in [0.29, 0.717) is 16.3 Å². The van der Waals surface area contributed by atoms with Gasteiger partial charge in [-0.15, -0.1) is 24.5 Å². The summed E-state index contributed by atoms with van der Waals surface area (Å²) in [6.45, 7) is 1.63. The maximum absolute atomic E-state index is 13.9. The smallest absolute Gasteiger partial charge is 0.508 e. The zero-order chi connectivity index (χ0) is 27.9. The molecule has 1 amide bonds. The first kappa shape index (κ1) is 26.0. The van der Waals surface area contributed by atoms with Gasteiger partial charge in [-0.2, -0.15) is 0 Å². The Balaban J connectivity index is 1.61. The van der Waals surface area contributed by atoms with Crippen molar-refractivity contribution in [1.29, 1.82) is 0 Å². The maximum Gasteiger partial charge on any atom is 0.573 e. The summed E-state index contributed by atoms with van der Waals surface area (Å²) in [5.74, 6) is -3.13. The molecule has 2 heterocycles. The summed E-state index contributed by atoms with van der Waals surface area (Å²) in [6, 6.07) is 18.2. The normalized spacial score (nSPS) is 15.6. The van der Waals surface area contributed by atoms with E-state index < -0.39 is 35.6 Å². The quantitative estimate of drug-likeness (QED) is 0.265. The third-order valence-corrected chi connectivity index (χ3v) is 7.22. The third kappa shape index (κ3) is 5.08. The van der Waals surface area contributed by atoms with Gasteiger partial charge < -0.3 is 14.9 Å². The second-order valence-corrected chi connectivity index (χ2v) is 9.60. The molecular weight excluding hydrogens is 533 g/mol. The number of aromatic nitrogens is 1. The number of amides is 1. The first-order chi connectivity index (χ1) is 18.5. The van der Waals surface area contributed by atoms with Gasteiger partial charge in [-0.05, 0) is 36.8 Å². The number of ketones is 1. The van der Waals surface area contributed by atoms with Crippen LogP contribution < -0.4 is 9.64 Å². The average molecular weight is 553 g/mol. The number of hydrogen-bond acceptors (Lipinski definition) is 7. The molecule has 11 heteroatoms. The summed E-state index contributed by atoms with van der Waals surface area (Å²) in [4.78, 5) is 33.0. The van der Waals surface area contributed by atoms with E-state index in [1.54, 1.807) is 6.92 Å². The van der Waals surface area contributed by atoms with Gasteiger partial charge in [-0.25, -0.2) is 4.98 Å². The molecule has 4 aromatic rings. The van der Waals surface area contributed by atoms with Crippen molar-refractivity contribution >= 4 is 28.7 Å². The fourth-order valence-electron chi connectivity index (χ4n) is 4.34. The van der Waals surface area contributed by atoms with Crippen molar-refractivity contribution in [2.24, 2.45) is 0 Å². The number of rotatable bonds is 6. The van der Waals surface area contributed by atoms with Crippen LogP contribution >= 0.6 is 11.3 Å². The van der Waals surface area contributed by atoms with E-state index in [-0.39, 0.29) is 21.9 Å². The lowest BCUT2D eigenvalue weighted by atomic mass is 9.94. The zero-order valence-corrected chi connectivity index (χ0v) is 21.0. The highest BCUT2D eigenvalue weighted by Crippen LogP contribution is 2.44. The Morgan fingerprint density at radius 2 is 1.69 bits per heavy atom. The van der Waals surface area contributed by atoms with E-state index in [4.69, 9.17) is 0 Å². The molecule has 1 unspecified atom stereocenters. The van der Waals surface area contributed by atoms with Crippen molar-refractivity contribution in [3.63, 3.8) is 0 Å². The van der Waals surface area contributed by atoms with E-state index in [1.165, 1.54) is 36.4 Å². The van der Waals surface area contributed by atoms with Crippen LogP contribution in [0.2, 0.25) is 0 Å². The number of anilines is 1. The Kier molecular flexibility index (Phi) is 6.61. The number of aromatic hydroxyl groups is 1. The van der Waals surface area contributed by atoms with Crippen LogP contribution in [0.4, 0.5) is 18.9 Å². The molecular formula is C28H19F3N2O5S. The van der Waals surface area contributed by atoms with Crippen LogP contribution in [-0.2, 0) is 4.79 Å². The number of carbonyl (C=O) groups is 2. The van der Waals surface area contributed by atoms with Crippen LogP contribution in [0.1, 0.15) is 27.0 Å². The van der Waals surface area contributed by atoms with Crippen molar-refractivity contribution in [1.82, 2.24) is 4.98 Å². The number of Topliss-reactive ketones (excluding diaryl/α,β-unsaturated/α-hetero) is 1. The van der Waals surface area contributed by atoms with E-state index in [1.807, 2.05) is 30.3 Å². The number of alkyl halides is 3. The second kappa shape index (κ2) is 9.91. The number of benzene rings is 3. The molecule has 0 saturated carbocycles. The molecule has 0 bridgehead atoms. The van der Waals surface area contributed by atoms with Gasteiger partial charge in [0.25, 0.3) is 5.91 Å². The maximum atomic E-state index is 13.9. The lowest BCUT2D eigenvalue weighted by Crippen LogP contribution is -2.31. The van der Waals surface area contributed by atoms with E-state index >= 15 is 0 Å². The molecule has 1 atom stereocenters. The van der Waals surface area contributed by atoms with Gasteiger partial charge >= 0.3 is 6.36 Å². The first-order valence-electron chi connectivity index (χ1n) is 11.5. The molecule has 39 heavy (non-hydrogen) atoms. The van der Waals surface area contributed by atoms with Gasteiger partial charge in [-0.3, -0.25) is 14.5 Å². The molecule has 0 spiro atoms. The number of thiazole rings is 1. The number of ether oxygens (including phenoxy) is 1. The van der Waals surface area contributed by atoms with Crippen LogP contribution in [-0.4, -0.2) is 33.2 Å². The van der Waals surface area contributed by atoms with E-state index in [0.717, 1.165) is 33.9 Å². The SMILES string of the molecule is Cc1nc(-c2ccccc2)sc1C(=O)C1=C(O)C(=O)N(c2cccc(OC(F)(F)F)c2)C1c1ccc(O)cc1. The number of phenolic OH excluding ortho intramolecular Hbond substituents is 1. The minimum absolute atomic E-state index is 0.0415. The van der Waals surface area contributed by atoms with Crippen LogP contribution in [0.15, 0.2) is 90.2 Å². The molecule has 3 aromatic carbocycles. The second-order valence-electron chi connectivity index (χ2n) is 8.61. The Hall–Kier alpha value is -4.64. The predicted molar refractivity (Wildman–Crippen MR) is 138 cm³/mol. The van der Waals surface area contributed by atoms with Crippen molar-refractivity contribution in [3.05, 3.63) is 106 Å². The molecule has 0 radical (unpaired) electrons. The third-order valence-electron chi connectivity index (χ3n) is 6.01. The van der Waals surface area contributed by atoms with Crippen molar-refractivity contribution in [2.75, 3.05) is 4.90 Å². The lowest BCUT2D eigenvalue weighted by molar-refractivity contribution is -0.274. The molecule has 1 aromatic heterocycles. The molecule has 1 aliphatic heterocycles. The Morgan fingerprint density at radius 1 is 1.00 bits per heavy atom. The topological polar surface area (TPSA) is 100.0 Å². The van der Waals surface area contributed by atoms with Gasteiger partial charge in [0.2, 0.25) is 5.78 Å². The number of aryl methyl sites for hydroxylation is 1. The van der Waals surface area contributed by atoms with Crippen molar-refractivity contribution < 1.29 is 37.7 Å². The average Bonchev–Trinajstić information content (AvgIpc) is 3.41. The molecule has 1 aliphatic rings. The lowest BCUT2D eigenvalue weighted by Gasteiger charge is -2.27. The van der Waals surface area contributed by atoms with Crippen molar-refractivity contribution in [3.8, 4) is 22.1 Å². The summed E-state index contributed by atoms with van der Waals surface area (Å²) < 4.78 is 42.6. The highest BCUT2D eigenvalue weighted by molar-refractivity contribution is 7.17. The zero-order valence-electron chi connectivity index (χ0n) is 20.1. The van der Waals surface area contributed by atoms with E-state index in [9.17, 15) is 33.0 Å². The van der Waals surface area contributed by atoms with Gasteiger partial charge in [0.05, 0.1) is 22.2 Å². The first-order valence-corrected chi connectivity index (χ1v) is 12.3. The van der Waals surface area contributed by atoms with Crippen molar-refractivity contribution in [2.45, 2.75) is 19.3 Å². The fraction of sp³-hybridized carbons (Fsp3) is 0.107. The summed E-state index contributed by atoms with van der Waals surface area (Å²) in [7, 11) is 0. The van der Waals surface area contributed by atoms with Crippen LogP contribution in [0, 0.1) is 6.92 Å². The number of nitrogens with zero attached hydrogens (tertiary/aromatic N) is 2. The highest BCUT2D eigenvalue weighted by atomic mass is 32.1. The molecule has 5 rings (SSSR count). The molecule has 198 valence electrons. The van der Waals surface area contributed by atoms with Gasteiger partial charge in [0.15, 0.2) is 5.76 Å². The molecule has 0 aliphatic carbocycles. The van der Waals surface area contributed by atoms with Gasteiger partial charge in [0, 0.05) is 17.3 Å². The molecule has 0 saturated heterocycles. The van der Waals surface area contributed by atoms with Gasteiger partial charge in [-0.1, -0.05) is 48.5 Å². The van der Waals surface area contributed by atoms with Crippen LogP contribution in [0.3, 0.4) is 0 Å². The molecule has 0 fully saturated rings. The number of hydrogen-bond donors (Lipinski definition) is 2. The predicted octanol–water partition coefficient (Wildman–Crippen LogP) is 6.51. The summed E-state index contributed by atoms with van der Waals surface area (Å²) >= 11 is 1.10. The summed E-state index contributed by atoms with van der Waals surface area (Å²) in [6.07, 6.45) is -4.97. The fourth-order valence-corrected chi connectivity index (χ4v) is 5.37. The number of phenols is 1. The monoisotopic (exact) mass is 552 g/mol. The van der Waals surface area contributed by atoms with E-state index in [2.05, 4.69) is 9.72 Å². The minimum Gasteiger partial charge on any atom is -0.508 e. The molecule has 2 N–H and O–H groups in total. The Morgan fingerprint density at radius 3 is 2.36 bits per heavy atom. The number of halogens is 3. The molecule has 7 nitrogen and oxygen atoms in total. The number of aliphatic hydroxyl groups excluding tert-OH is 1.